The van der Waals surface area contributed by atoms with Gasteiger partial charge in [0.25, 0.3) is 0 Å². The minimum absolute atomic E-state index is 0.000803. The van der Waals surface area contributed by atoms with E-state index < -0.39 is 0 Å². The van der Waals surface area contributed by atoms with E-state index in [0.717, 1.165) is 18.5 Å². The molecule has 0 saturated heterocycles. The van der Waals surface area contributed by atoms with Crippen LogP contribution in [-0.4, -0.2) is 12.5 Å². The summed E-state index contributed by atoms with van der Waals surface area (Å²) in [6, 6.07) is 8.14. The van der Waals surface area contributed by atoms with Crippen molar-refractivity contribution in [2.75, 3.05) is 6.54 Å². The van der Waals surface area contributed by atoms with Gasteiger partial charge in [0.05, 0.1) is 0 Å². The second kappa shape index (κ2) is 10.2. The lowest BCUT2D eigenvalue weighted by Gasteiger charge is -2.02. The number of carbonyl (C=O) groups is 1. The Morgan fingerprint density at radius 2 is 1.70 bits per heavy atom. The van der Waals surface area contributed by atoms with Gasteiger partial charge in [-0.25, -0.2) is 0 Å². The van der Waals surface area contributed by atoms with E-state index in [1.165, 1.54) is 37.7 Å². The van der Waals surface area contributed by atoms with Crippen LogP contribution in [0.3, 0.4) is 0 Å². The topological polar surface area (TPSA) is 29.1 Å². The molecule has 0 aliphatic heterocycles. The van der Waals surface area contributed by atoms with Crippen LogP contribution in [0.5, 0.6) is 0 Å². The van der Waals surface area contributed by atoms with Crippen LogP contribution < -0.4 is 5.32 Å². The van der Waals surface area contributed by atoms with Crippen molar-refractivity contribution in [2.24, 2.45) is 0 Å². The lowest BCUT2D eigenvalue weighted by molar-refractivity contribution is -0.116. The van der Waals surface area contributed by atoms with Gasteiger partial charge in [0, 0.05) is 12.6 Å². The highest BCUT2D eigenvalue weighted by Crippen LogP contribution is 2.05. The van der Waals surface area contributed by atoms with Crippen LogP contribution in [0.1, 0.15) is 56.6 Å². The quantitative estimate of drug-likeness (QED) is 0.521. The normalized spacial score (nSPS) is 10.9. The second-order valence-corrected chi connectivity index (χ2v) is 5.30. The zero-order valence-corrected chi connectivity index (χ0v) is 12.8. The van der Waals surface area contributed by atoms with Crippen molar-refractivity contribution in [1.82, 2.24) is 5.32 Å². The van der Waals surface area contributed by atoms with Gasteiger partial charge < -0.3 is 5.32 Å². The zero-order chi connectivity index (χ0) is 14.6. The predicted molar refractivity (Wildman–Crippen MR) is 86.6 cm³/mol. The molecule has 1 amide bonds. The first-order valence-corrected chi connectivity index (χ1v) is 7.75. The summed E-state index contributed by atoms with van der Waals surface area (Å²) in [6.45, 7) is 5.06. The molecule has 2 nitrogen and oxygen atoms in total. The van der Waals surface area contributed by atoms with Crippen molar-refractivity contribution in [2.45, 2.75) is 52.4 Å². The third-order valence-electron chi connectivity index (χ3n) is 3.33. The van der Waals surface area contributed by atoms with Crippen molar-refractivity contribution in [3.8, 4) is 0 Å². The fourth-order valence-corrected chi connectivity index (χ4v) is 2.03. The second-order valence-electron chi connectivity index (χ2n) is 5.30. The third-order valence-corrected chi connectivity index (χ3v) is 3.33. The molecule has 0 atom stereocenters. The Morgan fingerprint density at radius 1 is 1.05 bits per heavy atom. The monoisotopic (exact) mass is 273 g/mol. The molecule has 0 saturated carbocycles. The SMILES string of the molecule is CCCCCCCCNC(=O)/C=C/c1ccc(C)cc1. The number of carbonyl (C=O) groups excluding carboxylic acids is 1. The van der Waals surface area contributed by atoms with Crippen LogP contribution in [0.2, 0.25) is 0 Å². The molecule has 0 spiro atoms. The first kappa shape index (κ1) is 16.5. The Bertz CT molecular complexity index is 406. The van der Waals surface area contributed by atoms with E-state index in [1.807, 2.05) is 30.3 Å². The van der Waals surface area contributed by atoms with Crippen LogP contribution in [0.4, 0.5) is 0 Å². The molecular formula is C18H27NO. The van der Waals surface area contributed by atoms with Gasteiger partial charge >= 0.3 is 0 Å². The van der Waals surface area contributed by atoms with Crippen molar-refractivity contribution in [1.29, 1.82) is 0 Å². The molecule has 0 aliphatic carbocycles. The summed E-state index contributed by atoms with van der Waals surface area (Å²) in [5.41, 5.74) is 2.29. The number of amides is 1. The van der Waals surface area contributed by atoms with Crippen LogP contribution in [0.25, 0.3) is 6.08 Å². The van der Waals surface area contributed by atoms with Gasteiger partial charge in [-0.15, -0.1) is 0 Å². The van der Waals surface area contributed by atoms with Gasteiger partial charge in [-0.2, -0.15) is 0 Å². The fourth-order valence-electron chi connectivity index (χ4n) is 2.03. The van der Waals surface area contributed by atoms with E-state index in [1.54, 1.807) is 6.08 Å². The molecule has 0 bridgehead atoms. The summed E-state index contributed by atoms with van der Waals surface area (Å²) < 4.78 is 0. The van der Waals surface area contributed by atoms with E-state index in [-0.39, 0.29) is 5.91 Å². The number of hydrogen-bond acceptors (Lipinski definition) is 1. The van der Waals surface area contributed by atoms with Gasteiger partial charge in [0.2, 0.25) is 5.91 Å². The maximum absolute atomic E-state index is 11.6. The molecule has 0 unspecified atom stereocenters. The molecule has 0 heterocycles. The van der Waals surface area contributed by atoms with Crippen LogP contribution >= 0.6 is 0 Å². The van der Waals surface area contributed by atoms with E-state index in [4.69, 9.17) is 0 Å². The van der Waals surface area contributed by atoms with Crippen LogP contribution in [0.15, 0.2) is 30.3 Å². The Morgan fingerprint density at radius 3 is 2.40 bits per heavy atom. The average molecular weight is 273 g/mol. The molecule has 1 rings (SSSR count). The minimum atomic E-state index is -0.000803. The van der Waals surface area contributed by atoms with E-state index in [2.05, 4.69) is 19.2 Å². The van der Waals surface area contributed by atoms with Crippen molar-refractivity contribution >= 4 is 12.0 Å². The molecule has 110 valence electrons. The molecule has 0 aliphatic rings. The predicted octanol–water partition coefficient (Wildman–Crippen LogP) is 4.48. The van der Waals surface area contributed by atoms with E-state index in [0.29, 0.717) is 0 Å². The largest absolute Gasteiger partial charge is 0.353 e. The van der Waals surface area contributed by atoms with Crippen molar-refractivity contribution < 1.29 is 4.79 Å². The van der Waals surface area contributed by atoms with Crippen LogP contribution in [0, 0.1) is 6.92 Å². The lowest BCUT2D eigenvalue weighted by atomic mass is 10.1. The van der Waals surface area contributed by atoms with Gasteiger partial charge in [0.15, 0.2) is 0 Å². The maximum atomic E-state index is 11.6. The number of aryl methyl sites for hydroxylation is 1. The summed E-state index contributed by atoms with van der Waals surface area (Å²) in [6.07, 6.45) is 11.0. The molecule has 1 aromatic rings. The molecule has 0 aromatic heterocycles. The fraction of sp³-hybridized carbons (Fsp3) is 0.500. The molecule has 1 N–H and O–H groups in total. The molecule has 2 heteroatoms. The molecular weight excluding hydrogens is 246 g/mol. The van der Waals surface area contributed by atoms with Gasteiger partial charge in [-0.05, 0) is 25.0 Å². The standard InChI is InChI=1S/C18H27NO/c1-3-4-5-6-7-8-15-19-18(20)14-13-17-11-9-16(2)10-12-17/h9-14H,3-8,15H2,1-2H3,(H,19,20)/b14-13+. The summed E-state index contributed by atoms with van der Waals surface area (Å²) in [5, 5.41) is 2.93. The number of nitrogens with one attached hydrogen (secondary N) is 1. The smallest absolute Gasteiger partial charge is 0.243 e. The molecule has 0 fully saturated rings. The highest BCUT2D eigenvalue weighted by atomic mass is 16.1. The molecule has 20 heavy (non-hydrogen) atoms. The third kappa shape index (κ3) is 7.78. The van der Waals surface area contributed by atoms with E-state index >= 15 is 0 Å². The number of unbranched alkanes of at least 4 members (excludes halogenated alkanes) is 5. The summed E-state index contributed by atoms with van der Waals surface area (Å²) in [4.78, 5) is 11.6. The highest BCUT2D eigenvalue weighted by Gasteiger charge is 1.95. The highest BCUT2D eigenvalue weighted by molar-refractivity contribution is 5.91. The van der Waals surface area contributed by atoms with E-state index in [9.17, 15) is 4.79 Å². The Balaban J connectivity index is 2.12. The zero-order valence-electron chi connectivity index (χ0n) is 12.8. The summed E-state index contributed by atoms with van der Waals surface area (Å²) in [5.74, 6) is -0.000803. The Hall–Kier alpha value is -1.57. The maximum Gasteiger partial charge on any atom is 0.243 e. The van der Waals surface area contributed by atoms with Gasteiger partial charge in [-0.1, -0.05) is 68.9 Å². The molecule has 0 radical (unpaired) electrons. The van der Waals surface area contributed by atoms with Gasteiger partial charge in [-0.3, -0.25) is 4.79 Å². The molecule has 1 aromatic carbocycles. The first-order chi connectivity index (χ1) is 9.72. The summed E-state index contributed by atoms with van der Waals surface area (Å²) in [7, 11) is 0. The number of hydrogen-bond donors (Lipinski definition) is 1. The summed E-state index contributed by atoms with van der Waals surface area (Å²) >= 11 is 0. The van der Waals surface area contributed by atoms with Crippen LogP contribution in [-0.2, 0) is 4.79 Å². The minimum Gasteiger partial charge on any atom is -0.353 e. The lowest BCUT2D eigenvalue weighted by Crippen LogP contribution is -2.21. The Labute approximate surface area is 123 Å². The first-order valence-electron chi connectivity index (χ1n) is 7.75. The van der Waals surface area contributed by atoms with Crippen molar-refractivity contribution in [3.63, 3.8) is 0 Å². The number of rotatable bonds is 9. The Kier molecular flexibility index (Phi) is 8.44. The number of benzene rings is 1. The van der Waals surface area contributed by atoms with Gasteiger partial charge in [0.1, 0.15) is 0 Å². The van der Waals surface area contributed by atoms with Crippen molar-refractivity contribution in [3.05, 3.63) is 41.5 Å². The average Bonchev–Trinajstić information content (AvgIpc) is 2.46.